The van der Waals surface area contributed by atoms with Gasteiger partial charge in [0, 0.05) is 15.9 Å². The SMILES string of the molecule is COC(=O)C1SC(Br)=CC1N(NC1CCC(C)CC1)C1CCCCC1. The van der Waals surface area contributed by atoms with E-state index in [4.69, 9.17) is 4.74 Å². The van der Waals surface area contributed by atoms with E-state index in [1.54, 1.807) is 11.8 Å². The molecule has 2 fully saturated rings. The van der Waals surface area contributed by atoms with Gasteiger partial charge in [-0.15, -0.1) is 11.8 Å². The van der Waals surface area contributed by atoms with Crippen molar-refractivity contribution in [3.05, 3.63) is 9.89 Å². The Hall–Kier alpha value is -0.0400. The lowest BCUT2D eigenvalue weighted by molar-refractivity contribution is -0.141. The second kappa shape index (κ2) is 9.25. The quantitative estimate of drug-likeness (QED) is 0.509. The Morgan fingerprint density at radius 2 is 1.88 bits per heavy atom. The molecule has 142 valence electrons. The number of rotatable bonds is 5. The van der Waals surface area contributed by atoms with Crippen LogP contribution in [-0.2, 0) is 9.53 Å². The van der Waals surface area contributed by atoms with Crippen LogP contribution in [-0.4, -0.2) is 41.5 Å². The van der Waals surface area contributed by atoms with Crippen molar-refractivity contribution in [2.45, 2.75) is 88.1 Å². The number of hydrogen-bond acceptors (Lipinski definition) is 5. The van der Waals surface area contributed by atoms with Crippen LogP contribution in [0.2, 0.25) is 0 Å². The number of esters is 1. The maximum absolute atomic E-state index is 12.3. The maximum Gasteiger partial charge on any atom is 0.321 e. The second-order valence-corrected chi connectivity index (χ2v) is 10.4. The fourth-order valence-electron chi connectivity index (χ4n) is 4.38. The molecule has 6 heteroatoms. The van der Waals surface area contributed by atoms with Crippen LogP contribution in [0, 0.1) is 5.92 Å². The summed E-state index contributed by atoms with van der Waals surface area (Å²) in [5.74, 6) is 0.723. The van der Waals surface area contributed by atoms with Crippen molar-refractivity contribution in [1.82, 2.24) is 10.4 Å². The molecule has 2 aliphatic carbocycles. The van der Waals surface area contributed by atoms with Crippen molar-refractivity contribution in [2.24, 2.45) is 5.92 Å². The lowest BCUT2D eigenvalue weighted by Gasteiger charge is -2.42. The molecule has 1 aliphatic heterocycles. The van der Waals surface area contributed by atoms with Crippen molar-refractivity contribution in [3.63, 3.8) is 0 Å². The minimum absolute atomic E-state index is 0.0641. The largest absolute Gasteiger partial charge is 0.468 e. The molecule has 0 aromatic carbocycles. The second-order valence-electron chi connectivity index (χ2n) is 7.81. The molecule has 0 aromatic rings. The molecule has 1 heterocycles. The Labute approximate surface area is 164 Å². The predicted molar refractivity (Wildman–Crippen MR) is 107 cm³/mol. The summed E-state index contributed by atoms with van der Waals surface area (Å²) in [7, 11) is 1.49. The van der Waals surface area contributed by atoms with Crippen LogP contribution in [0.5, 0.6) is 0 Å². The van der Waals surface area contributed by atoms with Crippen LogP contribution < -0.4 is 5.43 Å². The Morgan fingerprint density at radius 3 is 2.52 bits per heavy atom. The van der Waals surface area contributed by atoms with E-state index < -0.39 is 0 Å². The summed E-state index contributed by atoms with van der Waals surface area (Å²) < 4.78 is 6.13. The molecular weight excluding hydrogens is 400 g/mol. The first kappa shape index (κ1) is 19.7. The summed E-state index contributed by atoms with van der Waals surface area (Å²) in [4.78, 5) is 12.3. The third kappa shape index (κ3) is 5.02. The van der Waals surface area contributed by atoms with E-state index in [0.29, 0.717) is 12.1 Å². The van der Waals surface area contributed by atoms with Gasteiger partial charge in [-0.05, 0) is 66.4 Å². The Kier molecular flexibility index (Phi) is 7.29. The molecule has 0 amide bonds. The van der Waals surface area contributed by atoms with Gasteiger partial charge in [0.05, 0.1) is 13.2 Å². The number of nitrogens with one attached hydrogen (secondary N) is 1. The number of hydrazine groups is 1. The first-order chi connectivity index (χ1) is 12.1. The fourth-order valence-corrected chi connectivity index (χ4v) is 6.25. The van der Waals surface area contributed by atoms with Gasteiger partial charge < -0.3 is 4.74 Å². The van der Waals surface area contributed by atoms with Crippen molar-refractivity contribution in [2.75, 3.05) is 7.11 Å². The highest BCUT2D eigenvalue weighted by Crippen LogP contribution is 2.41. The van der Waals surface area contributed by atoms with Gasteiger partial charge >= 0.3 is 5.97 Å². The molecule has 0 spiro atoms. The number of hydrogen-bond donors (Lipinski definition) is 1. The minimum atomic E-state index is -0.184. The zero-order valence-corrected chi connectivity index (χ0v) is 17.8. The zero-order chi connectivity index (χ0) is 17.8. The van der Waals surface area contributed by atoms with E-state index in [9.17, 15) is 4.79 Å². The van der Waals surface area contributed by atoms with Gasteiger partial charge in [0.25, 0.3) is 0 Å². The summed E-state index contributed by atoms with van der Waals surface area (Å²) in [6, 6.07) is 1.11. The molecule has 1 N–H and O–H groups in total. The van der Waals surface area contributed by atoms with Gasteiger partial charge in [0.1, 0.15) is 5.25 Å². The highest BCUT2D eigenvalue weighted by atomic mass is 79.9. The molecule has 0 radical (unpaired) electrons. The third-order valence-corrected chi connectivity index (χ3v) is 7.83. The fraction of sp³-hybridized carbons (Fsp3) is 0.842. The van der Waals surface area contributed by atoms with E-state index in [1.807, 2.05) is 0 Å². The summed E-state index contributed by atoms with van der Waals surface area (Å²) in [5, 5.41) is 2.25. The Morgan fingerprint density at radius 1 is 1.20 bits per heavy atom. The molecule has 3 rings (SSSR count). The molecular formula is C19H31BrN2O2S. The summed E-state index contributed by atoms with van der Waals surface area (Å²) in [5.41, 5.74) is 3.86. The first-order valence-electron chi connectivity index (χ1n) is 9.74. The molecule has 3 aliphatic rings. The average molecular weight is 431 g/mol. The Balaban J connectivity index is 1.76. The number of halogens is 1. The number of methoxy groups -OCH3 is 1. The van der Waals surface area contributed by atoms with Crippen molar-refractivity contribution >= 4 is 33.7 Å². The topological polar surface area (TPSA) is 41.6 Å². The lowest BCUT2D eigenvalue weighted by atomic mass is 9.87. The molecule has 2 saturated carbocycles. The standard InChI is InChI=1S/C19H31BrN2O2S/c1-13-8-10-14(11-9-13)21-22(15-6-4-3-5-7-15)16-12-17(20)25-18(16)19(23)24-2/h12-16,18,21H,3-11H2,1-2H3. The molecule has 0 saturated heterocycles. The predicted octanol–water partition coefficient (Wildman–Crippen LogP) is 4.60. The van der Waals surface area contributed by atoms with Crippen molar-refractivity contribution < 1.29 is 9.53 Å². The molecule has 0 bridgehead atoms. The molecule has 2 atom stereocenters. The van der Waals surface area contributed by atoms with Crippen molar-refractivity contribution in [3.8, 4) is 0 Å². The summed E-state index contributed by atoms with van der Waals surface area (Å²) in [6.45, 7) is 2.36. The van der Waals surface area contributed by atoms with Crippen LogP contribution >= 0.6 is 27.7 Å². The van der Waals surface area contributed by atoms with Crippen LogP contribution in [0.25, 0.3) is 0 Å². The monoisotopic (exact) mass is 430 g/mol. The van der Waals surface area contributed by atoms with Crippen LogP contribution in [0.15, 0.2) is 9.89 Å². The maximum atomic E-state index is 12.3. The molecule has 0 aromatic heterocycles. The highest BCUT2D eigenvalue weighted by Gasteiger charge is 2.41. The van der Waals surface area contributed by atoms with Gasteiger partial charge in [-0.3, -0.25) is 10.2 Å². The number of thioether (sulfide) groups is 1. The van der Waals surface area contributed by atoms with E-state index in [0.717, 1.165) is 9.73 Å². The van der Waals surface area contributed by atoms with E-state index in [1.165, 1.54) is 64.9 Å². The third-order valence-electron chi connectivity index (χ3n) is 5.92. The first-order valence-corrected chi connectivity index (χ1v) is 11.4. The van der Waals surface area contributed by atoms with Crippen LogP contribution in [0.4, 0.5) is 0 Å². The van der Waals surface area contributed by atoms with Crippen LogP contribution in [0.1, 0.15) is 64.7 Å². The molecule has 25 heavy (non-hydrogen) atoms. The average Bonchev–Trinajstić information content (AvgIpc) is 3.02. The zero-order valence-electron chi connectivity index (χ0n) is 15.4. The molecule has 2 unspecified atom stereocenters. The number of nitrogens with zero attached hydrogens (tertiary/aromatic N) is 1. The van der Waals surface area contributed by atoms with Gasteiger partial charge in [-0.2, -0.15) is 0 Å². The number of ether oxygens (including phenoxy) is 1. The Bertz CT molecular complexity index is 488. The number of carbonyl (C=O) groups excluding carboxylic acids is 1. The van der Waals surface area contributed by atoms with Gasteiger partial charge in [0.15, 0.2) is 0 Å². The number of carbonyl (C=O) groups is 1. The van der Waals surface area contributed by atoms with Gasteiger partial charge in [-0.1, -0.05) is 26.2 Å². The van der Waals surface area contributed by atoms with Crippen molar-refractivity contribution in [1.29, 1.82) is 0 Å². The summed E-state index contributed by atoms with van der Waals surface area (Å²) >= 11 is 5.19. The normalized spacial score (nSPS) is 34.2. The smallest absolute Gasteiger partial charge is 0.321 e. The van der Waals surface area contributed by atoms with Gasteiger partial charge in [-0.25, -0.2) is 5.01 Å². The highest BCUT2D eigenvalue weighted by molar-refractivity contribution is 9.14. The van der Waals surface area contributed by atoms with E-state index >= 15 is 0 Å². The minimum Gasteiger partial charge on any atom is -0.468 e. The summed E-state index contributed by atoms with van der Waals surface area (Å²) in [6.07, 6.45) is 13.6. The molecule has 4 nitrogen and oxygen atoms in total. The van der Waals surface area contributed by atoms with E-state index in [2.05, 4.69) is 39.4 Å². The lowest BCUT2D eigenvalue weighted by Crippen LogP contribution is -2.58. The van der Waals surface area contributed by atoms with Gasteiger partial charge in [0.2, 0.25) is 0 Å². The van der Waals surface area contributed by atoms with E-state index in [-0.39, 0.29) is 17.3 Å². The van der Waals surface area contributed by atoms with Crippen LogP contribution in [0.3, 0.4) is 0 Å².